The summed E-state index contributed by atoms with van der Waals surface area (Å²) in [4.78, 5) is 24.7. The summed E-state index contributed by atoms with van der Waals surface area (Å²) in [5.41, 5.74) is 0. The summed E-state index contributed by atoms with van der Waals surface area (Å²) in [5.74, 6) is -0.0434. The van der Waals surface area contributed by atoms with Crippen LogP contribution in [0.3, 0.4) is 0 Å². The van der Waals surface area contributed by atoms with E-state index in [0.29, 0.717) is 19.4 Å². The Morgan fingerprint density at radius 2 is 0.511 bits per heavy atom. The highest BCUT2D eigenvalue weighted by Crippen LogP contribution is 2.20. The average molecular weight is 1290 g/mol. The molecule has 0 aromatic rings. The van der Waals surface area contributed by atoms with Crippen molar-refractivity contribution in [2.75, 3.05) is 13.2 Å². The van der Waals surface area contributed by atoms with Gasteiger partial charge in [0.15, 0.2) is 0 Å². The largest absolute Gasteiger partial charge is 0.466 e. The number of allylic oxidation sites excluding steroid dienone is 5. The lowest BCUT2D eigenvalue weighted by Gasteiger charge is -2.20. The normalized spacial score (nSPS) is 12.6. The van der Waals surface area contributed by atoms with E-state index in [9.17, 15) is 19.8 Å². The minimum atomic E-state index is -0.844. The van der Waals surface area contributed by atoms with Gasteiger partial charge >= 0.3 is 5.97 Å². The molecule has 2 atom stereocenters. The number of amides is 1. The zero-order valence-corrected chi connectivity index (χ0v) is 62.6. The number of carbonyl (C=O) groups excluding carboxylic acids is 2. The van der Waals surface area contributed by atoms with Crippen molar-refractivity contribution < 1.29 is 24.5 Å². The van der Waals surface area contributed by atoms with Crippen LogP contribution in [0.5, 0.6) is 0 Å². The van der Waals surface area contributed by atoms with Crippen molar-refractivity contribution in [1.82, 2.24) is 5.32 Å². The molecule has 0 aliphatic rings. The molecule has 6 heteroatoms. The van der Waals surface area contributed by atoms with E-state index in [4.69, 9.17) is 4.74 Å². The van der Waals surface area contributed by atoms with Crippen molar-refractivity contribution in [2.24, 2.45) is 0 Å². The van der Waals surface area contributed by atoms with E-state index in [-0.39, 0.29) is 18.5 Å². The maximum absolute atomic E-state index is 12.6. The Kier molecular flexibility index (Phi) is 79.8. The van der Waals surface area contributed by atoms with Gasteiger partial charge in [-0.3, -0.25) is 9.59 Å². The van der Waals surface area contributed by atoms with Gasteiger partial charge in [0.1, 0.15) is 0 Å². The zero-order chi connectivity index (χ0) is 66.3. The number of carbonyl (C=O) groups is 2. The standard InChI is InChI=1S/C86H165NO5/c1-3-5-7-9-11-13-15-17-19-21-22-23-24-34-37-40-43-47-50-54-58-62-66-70-74-78-84(89)83(82-88)87-85(90)79-75-71-67-63-59-55-51-48-44-41-38-35-32-30-28-26-25-27-29-31-33-36-39-42-45-49-53-57-61-65-69-73-77-81-92-86(91)80-76-72-68-64-60-56-52-46-20-18-16-14-12-10-8-6-4-2/h18,20,29,31,74,78,83-84,88-89H,3-17,19,21-28,30,32-73,75-77,79-82H2,1-2H3,(H,87,90)/b20-18-,31-29-,78-74+. The van der Waals surface area contributed by atoms with Gasteiger partial charge in [0.25, 0.3) is 0 Å². The van der Waals surface area contributed by atoms with E-state index in [2.05, 4.69) is 43.5 Å². The molecule has 0 aliphatic carbocycles. The Labute approximate surface area is 576 Å². The van der Waals surface area contributed by atoms with E-state index in [0.717, 1.165) is 44.9 Å². The van der Waals surface area contributed by atoms with Gasteiger partial charge in [-0.25, -0.2) is 0 Å². The van der Waals surface area contributed by atoms with Crippen LogP contribution in [0.2, 0.25) is 0 Å². The van der Waals surface area contributed by atoms with Crippen LogP contribution in [-0.2, 0) is 14.3 Å². The summed E-state index contributed by atoms with van der Waals surface area (Å²) in [5, 5.41) is 23.3. The number of aliphatic hydroxyl groups excluding tert-OH is 2. The monoisotopic (exact) mass is 1290 g/mol. The highest BCUT2D eigenvalue weighted by molar-refractivity contribution is 5.76. The second kappa shape index (κ2) is 81.5. The number of esters is 1. The lowest BCUT2D eigenvalue weighted by molar-refractivity contribution is -0.143. The van der Waals surface area contributed by atoms with Crippen LogP contribution in [0.25, 0.3) is 0 Å². The first-order chi connectivity index (χ1) is 45.5. The molecule has 92 heavy (non-hydrogen) atoms. The van der Waals surface area contributed by atoms with Crippen LogP contribution in [-0.4, -0.2) is 47.4 Å². The lowest BCUT2D eigenvalue weighted by atomic mass is 10.0. The molecule has 0 saturated heterocycles. The Hall–Kier alpha value is -1.92. The molecule has 0 heterocycles. The van der Waals surface area contributed by atoms with Gasteiger partial charge in [-0.1, -0.05) is 416 Å². The van der Waals surface area contributed by atoms with Gasteiger partial charge < -0.3 is 20.3 Å². The second-order valence-electron chi connectivity index (χ2n) is 29.2. The molecular formula is C86H165NO5. The van der Waals surface area contributed by atoms with Crippen LogP contribution in [0.1, 0.15) is 476 Å². The molecular weight excluding hydrogens is 1130 g/mol. The van der Waals surface area contributed by atoms with Crippen molar-refractivity contribution in [2.45, 2.75) is 488 Å². The minimum absolute atomic E-state index is 0.0161. The van der Waals surface area contributed by atoms with Crippen molar-refractivity contribution in [3.63, 3.8) is 0 Å². The van der Waals surface area contributed by atoms with Gasteiger partial charge in [-0.05, 0) is 83.5 Å². The summed E-state index contributed by atoms with van der Waals surface area (Å²) in [6, 6.07) is -0.627. The first-order valence-electron chi connectivity index (χ1n) is 42.3. The maximum Gasteiger partial charge on any atom is 0.305 e. The summed E-state index contributed by atoms with van der Waals surface area (Å²) >= 11 is 0. The lowest BCUT2D eigenvalue weighted by Crippen LogP contribution is -2.45. The summed E-state index contributed by atoms with van der Waals surface area (Å²) in [7, 11) is 0. The van der Waals surface area contributed by atoms with Gasteiger partial charge in [0.2, 0.25) is 5.91 Å². The van der Waals surface area contributed by atoms with Gasteiger partial charge in [-0.15, -0.1) is 0 Å². The summed E-state index contributed by atoms with van der Waals surface area (Å²) in [6.07, 6.45) is 107. The molecule has 6 nitrogen and oxygen atoms in total. The molecule has 2 unspecified atom stereocenters. The van der Waals surface area contributed by atoms with E-state index < -0.39 is 12.1 Å². The fourth-order valence-corrected chi connectivity index (χ4v) is 13.5. The predicted octanol–water partition coefficient (Wildman–Crippen LogP) is 28.2. The fourth-order valence-electron chi connectivity index (χ4n) is 13.5. The number of hydrogen-bond acceptors (Lipinski definition) is 5. The summed E-state index contributed by atoms with van der Waals surface area (Å²) < 4.78 is 5.51. The molecule has 3 N–H and O–H groups in total. The van der Waals surface area contributed by atoms with Crippen LogP contribution in [0.4, 0.5) is 0 Å². The van der Waals surface area contributed by atoms with Crippen molar-refractivity contribution >= 4 is 11.9 Å². The SMILES string of the molecule is CCCCCCCC/C=C\CCCCCCCCCC(=O)OCCCCCCCCCCCCCC/C=C\CCCCCCCCCCCCCCCCCCCC(=O)NC(CO)C(O)/C=C/CCCCCCCCCCCCCCCCCCCCCCCCC. The highest BCUT2D eigenvalue weighted by Gasteiger charge is 2.18. The molecule has 0 fully saturated rings. The molecule has 0 saturated carbocycles. The van der Waals surface area contributed by atoms with Gasteiger partial charge in [-0.2, -0.15) is 0 Å². The molecule has 0 bridgehead atoms. The molecule has 544 valence electrons. The van der Waals surface area contributed by atoms with E-state index >= 15 is 0 Å². The maximum atomic E-state index is 12.6. The second-order valence-corrected chi connectivity index (χ2v) is 29.2. The number of nitrogens with one attached hydrogen (secondary N) is 1. The van der Waals surface area contributed by atoms with Crippen molar-refractivity contribution in [3.05, 3.63) is 36.5 Å². The van der Waals surface area contributed by atoms with Gasteiger partial charge in [0.05, 0.1) is 25.4 Å². The third-order valence-electron chi connectivity index (χ3n) is 19.9. The number of unbranched alkanes of at least 4 members (excludes halogenated alkanes) is 65. The molecule has 0 radical (unpaired) electrons. The number of hydrogen-bond donors (Lipinski definition) is 3. The molecule has 0 aromatic heterocycles. The molecule has 1 amide bonds. The van der Waals surface area contributed by atoms with Crippen molar-refractivity contribution in [3.8, 4) is 0 Å². The van der Waals surface area contributed by atoms with Crippen LogP contribution >= 0.6 is 0 Å². The number of ether oxygens (including phenoxy) is 1. The highest BCUT2D eigenvalue weighted by atomic mass is 16.5. The molecule has 0 aliphatic heterocycles. The zero-order valence-electron chi connectivity index (χ0n) is 62.6. The first-order valence-corrected chi connectivity index (χ1v) is 42.3. The Balaban J connectivity index is 3.37. The Bertz CT molecular complexity index is 1490. The Morgan fingerprint density at radius 3 is 0.772 bits per heavy atom. The van der Waals surface area contributed by atoms with E-state index in [1.54, 1.807) is 6.08 Å². The molecule has 0 spiro atoms. The third kappa shape index (κ3) is 77.1. The third-order valence-corrected chi connectivity index (χ3v) is 19.9. The Morgan fingerprint density at radius 1 is 0.293 bits per heavy atom. The smallest absolute Gasteiger partial charge is 0.305 e. The average Bonchev–Trinajstić information content (AvgIpc) is 3.61. The van der Waals surface area contributed by atoms with E-state index in [1.165, 1.54) is 405 Å². The molecule has 0 rings (SSSR count). The summed E-state index contributed by atoms with van der Waals surface area (Å²) in [6.45, 7) is 4.95. The van der Waals surface area contributed by atoms with E-state index in [1.807, 2.05) is 6.08 Å². The van der Waals surface area contributed by atoms with Crippen LogP contribution in [0, 0.1) is 0 Å². The fraction of sp³-hybridized carbons (Fsp3) is 0.907. The number of aliphatic hydroxyl groups is 2. The van der Waals surface area contributed by atoms with Crippen LogP contribution < -0.4 is 5.32 Å². The quantitative estimate of drug-likeness (QED) is 0.0320. The number of rotatable bonds is 80. The predicted molar refractivity (Wildman–Crippen MR) is 407 cm³/mol. The topological polar surface area (TPSA) is 95.9 Å². The first kappa shape index (κ1) is 90.1. The molecule has 0 aromatic carbocycles. The van der Waals surface area contributed by atoms with Crippen LogP contribution in [0.15, 0.2) is 36.5 Å². The minimum Gasteiger partial charge on any atom is -0.466 e. The van der Waals surface area contributed by atoms with Gasteiger partial charge in [0, 0.05) is 12.8 Å². The van der Waals surface area contributed by atoms with Crippen molar-refractivity contribution in [1.29, 1.82) is 0 Å².